The van der Waals surface area contributed by atoms with Gasteiger partial charge in [0.05, 0.1) is 25.6 Å². The van der Waals surface area contributed by atoms with Gasteiger partial charge in [0, 0.05) is 0 Å². The first-order chi connectivity index (χ1) is 9.17. The summed E-state index contributed by atoms with van der Waals surface area (Å²) in [6.45, 7) is 4.29. The van der Waals surface area contributed by atoms with Crippen molar-refractivity contribution in [2.45, 2.75) is 58.8 Å². The molecular formula is C15H26O4. The normalized spacial score (nSPS) is 17.8. The van der Waals surface area contributed by atoms with E-state index in [1.54, 1.807) is 13.8 Å². The second-order valence-corrected chi connectivity index (χ2v) is 5.20. The number of carbonyl (C=O) groups excluding carboxylic acids is 2. The van der Waals surface area contributed by atoms with Crippen molar-refractivity contribution in [3.05, 3.63) is 0 Å². The predicted molar refractivity (Wildman–Crippen MR) is 72.6 cm³/mol. The molecule has 1 aliphatic rings. The molecule has 1 fully saturated rings. The van der Waals surface area contributed by atoms with Crippen LogP contribution < -0.4 is 0 Å². The summed E-state index contributed by atoms with van der Waals surface area (Å²) in [4.78, 5) is 23.5. The van der Waals surface area contributed by atoms with Gasteiger partial charge in [-0.05, 0) is 26.2 Å². The van der Waals surface area contributed by atoms with Crippen LogP contribution in [0.4, 0.5) is 0 Å². The van der Waals surface area contributed by atoms with Crippen LogP contribution in [0.25, 0.3) is 0 Å². The average Bonchev–Trinajstić information content (AvgIpc) is 2.40. The Morgan fingerprint density at radius 1 is 1.05 bits per heavy atom. The van der Waals surface area contributed by atoms with Gasteiger partial charge >= 0.3 is 11.9 Å². The van der Waals surface area contributed by atoms with E-state index in [0.29, 0.717) is 19.1 Å². The third-order valence-electron chi connectivity index (χ3n) is 3.68. The van der Waals surface area contributed by atoms with Crippen molar-refractivity contribution in [1.29, 1.82) is 0 Å². The molecule has 0 aromatic rings. The fraction of sp³-hybridized carbons (Fsp3) is 0.867. The smallest absolute Gasteiger partial charge is 0.309 e. The van der Waals surface area contributed by atoms with Gasteiger partial charge in [-0.25, -0.2) is 0 Å². The predicted octanol–water partition coefficient (Wildman–Crippen LogP) is 3.09. The summed E-state index contributed by atoms with van der Waals surface area (Å²) in [5, 5.41) is 0. The Kier molecular flexibility index (Phi) is 7.53. The molecule has 110 valence electrons. The number of ether oxygens (including phenoxy) is 2. The van der Waals surface area contributed by atoms with Crippen molar-refractivity contribution in [3.63, 3.8) is 0 Å². The maximum atomic E-state index is 11.9. The van der Waals surface area contributed by atoms with Crippen molar-refractivity contribution in [2.75, 3.05) is 13.2 Å². The molecule has 0 aliphatic heterocycles. The zero-order valence-electron chi connectivity index (χ0n) is 12.2. The fourth-order valence-corrected chi connectivity index (χ4v) is 2.77. The van der Waals surface area contributed by atoms with Crippen LogP contribution in [-0.2, 0) is 19.1 Å². The van der Waals surface area contributed by atoms with Crippen LogP contribution >= 0.6 is 0 Å². The highest BCUT2D eigenvalue weighted by Crippen LogP contribution is 2.30. The van der Waals surface area contributed by atoms with Crippen molar-refractivity contribution >= 4 is 11.9 Å². The van der Waals surface area contributed by atoms with Crippen molar-refractivity contribution in [3.8, 4) is 0 Å². The van der Waals surface area contributed by atoms with E-state index < -0.39 is 0 Å². The summed E-state index contributed by atoms with van der Waals surface area (Å²) in [7, 11) is 0. The zero-order valence-corrected chi connectivity index (χ0v) is 12.2. The van der Waals surface area contributed by atoms with Gasteiger partial charge in [0.15, 0.2) is 0 Å². The molecule has 1 saturated carbocycles. The van der Waals surface area contributed by atoms with Crippen LogP contribution in [0, 0.1) is 11.8 Å². The van der Waals surface area contributed by atoms with Crippen molar-refractivity contribution in [1.82, 2.24) is 0 Å². The molecule has 0 radical (unpaired) electrons. The van der Waals surface area contributed by atoms with Gasteiger partial charge in [-0.1, -0.05) is 32.1 Å². The molecule has 0 aromatic carbocycles. The summed E-state index contributed by atoms with van der Waals surface area (Å²) < 4.78 is 10.0. The van der Waals surface area contributed by atoms with E-state index in [4.69, 9.17) is 9.47 Å². The second kappa shape index (κ2) is 8.94. The number of esters is 2. The third-order valence-corrected chi connectivity index (χ3v) is 3.68. The lowest BCUT2D eigenvalue weighted by Gasteiger charge is -2.25. The van der Waals surface area contributed by atoms with Crippen LogP contribution in [0.5, 0.6) is 0 Å². The molecule has 0 bridgehead atoms. The van der Waals surface area contributed by atoms with Gasteiger partial charge in [-0.2, -0.15) is 0 Å². The average molecular weight is 270 g/mol. The molecule has 0 heterocycles. The summed E-state index contributed by atoms with van der Waals surface area (Å²) in [6.07, 6.45) is 7.01. The maximum absolute atomic E-state index is 11.9. The summed E-state index contributed by atoms with van der Waals surface area (Å²) in [6, 6.07) is 0. The molecule has 0 spiro atoms. The highest BCUT2D eigenvalue weighted by molar-refractivity contribution is 5.79. The first kappa shape index (κ1) is 16.0. The summed E-state index contributed by atoms with van der Waals surface area (Å²) >= 11 is 0. The molecule has 0 saturated heterocycles. The lowest BCUT2D eigenvalue weighted by Crippen LogP contribution is -2.25. The van der Waals surface area contributed by atoms with Gasteiger partial charge in [0.1, 0.15) is 0 Å². The number of rotatable bonds is 7. The molecule has 0 aromatic heterocycles. The fourth-order valence-electron chi connectivity index (χ4n) is 2.77. The SMILES string of the molecule is CCOC(=O)CC(CC1CCCCC1)C(=O)OCC. The first-order valence-electron chi connectivity index (χ1n) is 7.49. The minimum atomic E-state index is -0.331. The summed E-state index contributed by atoms with van der Waals surface area (Å²) in [5.74, 6) is -0.322. The first-order valence-corrected chi connectivity index (χ1v) is 7.49. The minimum absolute atomic E-state index is 0.156. The van der Waals surface area contributed by atoms with Crippen LogP contribution in [0.1, 0.15) is 58.8 Å². The highest BCUT2D eigenvalue weighted by atomic mass is 16.5. The molecule has 0 amide bonds. The quantitative estimate of drug-likeness (QED) is 0.667. The Morgan fingerprint density at radius 2 is 1.68 bits per heavy atom. The van der Waals surface area contributed by atoms with Crippen LogP contribution in [0.3, 0.4) is 0 Å². The van der Waals surface area contributed by atoms with E-state index in [2.05, 4.69) is 0 Å². The Bertz CT molecular complexity index is 282. The highest BCUT2D eigenvalue weighted by Gasteiger charge is 2.28. The summed E-state index contributed by atoms with van der Waals surface area (Å²) in [5.41, 5.74) is 0. The van der Waals surface area contributed by atoms with E-state index in [-0.39, 0.29) is 24.3 Å². The van der Waals surface area contributed by atoms with E-state index in [1.807, 2.05) is 0 Å². The standard InChI is InChI=1S/C15H26O4/c1-3-18-14(16)11-13(15(17)19-4-2)10-12-8-6-5-7-9-12/h12-13H,3-11H2,1-2H3. The van der Waals surface area contributed by atoms with Crippen LogP contribution in [-0.4, -0.2) is 25.2 Å². The lowest BCUT2D eigenvalue weighted by atomic mass is 9.82. The van der Waals surface area contributed by atoms with E-state index in [1.165, 1.54) is 32.1 Å². The van der Waals surface area contributed by atoms with E-state index in [9.17, 15) is 9.59 Å². The Labute approximate surface area is 115 Å². The van der Waals surface area contributed by atoms with Crippen molar-refractivity contribution < 1.29 is 19.1 Å². The van der Waals surface area contributed by atoms with E-state index >= 15 is 0 Å². The lowest BCUT2D eigenvalue weighted by molar-refractivity contribution is -0.155. The molecule has 19 heavy (non-hydrogen) atoms. The number of hydrogen-bond donors (Lipinski definition) is 0. The van der Waals surface area contributed by atoms with Gasteiger partial charge < -0.3 is 9.47 Å². The van der Waals surface area contributed by atoms with Gasteiger partial charge in [-0.3, -0.25) is 9.59 Å². The van der Waals surface area contributed by atoms with Crippen molar-refractivity contribution in [2.24, 2.45) is 11.8 Å². The number of carbonyl (C=O) groups is 2. The Morgan fingerprint density at radius 3 is 2.26 bits per heavy atom. The van der Waals surface area contributed by atoms with E-state index in [0.717, 1.165) is 6.42 Å². The molecule has 1 atom stereocenters. The Hall–Kier alpha value is -1.06. The third kappa shape index (κ3) is 6.08. The van der Waals surface area contributed by atoms with Crippen LogP contribution in [0.15, 0.2) is 0 Å². The molecule has 1 aliphatic carbocycles. The zero-order chi connectivity index (χ0) is 14.1. The Balaban J connectivity index is 2.52. The van der Waals surface area contributed by atoms with Gasteiger partial charge in [0.2, 0.25) is 0 Å². The molecular weight excluding hydrogens is 244 g/mol. The molecule has 4 heteroatoms. The largest absolute Gasteiger partial charge is 0.466 e. The maximum Gasteiger partial charge on any atom is 0.309 e. The second-order valence-electron chi connectivity index (χ2n) is 5.20. The molecule has 0 N–H and O–H groups in total. The molecule has 4 nitrogen and oxygen atoms in total. The number of hydrogen-bond acceptors (Lipinski definition) is 4. The van der Waals surface area contributed by atoms with Gasteiger partial charge in [-0.15, -0.1) is 0 Å². The topological polar surface area (TPSA) is 52.6 Å². The molecule has 1 unspecified atom stereocenters. The monoisotopic (exact) mass is 270 g/mol. The minimum Gasteiger partial charge on any atom is -0.466 e. The molecule has 1 rings (SSSR count). The van der Waals surface area contributed by atoms with Gasteiger partial charge in [0.25, 0.3) is 0 Å². The van der Waals surface area contributed by atoms with Crippen LogP contribution in [0.2, 0.25) is 0 Å².